The lowest BCUT2D eigenvalue weighted by atomic mass is 10.2. The van der Waals surface area contributed by atoms with Crippen LogP contribution in [0.15, 0.2) is 29.1 Å². The molecule has 0 saturated carbocycles. The molecule has 10 heteroatoms. The van der Waals surface area contributed by atoms with Gasteiger partial charge in [-0.15, -0.1) is 23.1 Å². The Hall–Kier alpha value is -2.98. The second-order valence-corrected chi connectivity index (χ2v) is 10.2. The highest BCUT2D eigenvalue weighted by Crippen LogP contribution is 2.34. The van der Waals surface area contributed by atoms with Crippen molar-refractivity contribution in [2.24, 2.45) is 0 Å². The summed E-state index contributed by atoms with van der Waals surface area (Å²) in [6.45, 7) is 0.254. The SMILES string of the molecule is O=C(CSCc1nc2sc3c(c2c(=O)[nH]1)CCC3)Nc1ccc(CN2C(=O)CCC2=O)cc1. The normalized spacial score (nSPS) is 15.5. The Bertz CT molecular complexity index is 1300. The van der Waals surface area contributed by atoms with Crippen molar-refractivity contribution in [1.82, 2.24) is 14.9 Å². The number of thiophene rings is 1. The van der Waals surface area contributed by atoms with Crippen molar-refractivity contribution in [3.05, 3.63) is 56.4 Å². The van der Waals surface area contributed by atoms with Gasteiger partial charge in [-0.05, 0) is 42.5 Å². The first kappa shape index (κ1) is 21.8. The van der Waals surface area contributed by atoms with E-state index < -0.39 is 0 Å². The lowest BCUT2D eigenvalue weighted by molar-refractivity contribution is -0.139. The predicted molar refractivity (Wildman–Crippen MR) is 128 cm³/mol. The van der Waals surface area contributed by atoms with Crippen molar-refractivity contribution in [3.8, 4) is 0 Å². The number of aromatic amines is 1. The molecule has 0 atom stereocenters. The Kier molecular flexibility index (Phi) is 6.03. The van der Waals surface area contributed by atoms with Gasteiger partial charge in [-0.3, -0.25) is 24.1 Å². The summed E-state index contributed by atoms with van der Waals surface area (Å²) in [7, 11) is 0. The molecule has 5 rings (SSSR count). The second-order valence-electron chi connectivity index (χ2n) is 8.16. The molecule has 3 aromatic rings. The van der Waals surface area contributed by atoms with Crippen molar-refractivity contribution in [1.29, 1.82) is 0 Å². The van der Waals surface area contributed by atoms with Crippen LogP contribution in [0.25, 0.3) is 10.2 Å². The molecule has 1 aliphatic carbocycles. The summed E-state index contributed by atoms with van der Waals surface area (Å²) in [4.78, 5) is 59.1. The Morgan fingerprint density at radius 2 is 1.85 bits per heavy atom. The van der Waals surface area contributed by atoms with Gasteiger partial charge in [-0.2, -0.15) is 0 Å². The Balaban J connectivity index is 1.13. The highest BCUT2D eigenvalue weighted by molar-refractivity contribution is 7.99. The summed E-state index contributed by atoms with van der Waals surface area (Å²) in [6.07, 6.45) is 3.62. The largest absolute Gasteiger partial charge is 0.325 e. The molecular formula is C23H22N4O4S2. The Morgan fingerprint density at radius 3 is 2.61 bits per heavy atom. The number of H-pyrrole nitrogens is 1. The zero-order valence-electron chi connectivity index (χ0n) is 17.8. The first-order chi connectivity index (χ1) is 16.0. The van der Waals surface area contributed by atoms with Crippen LogP contribution in [0.3, 0.4) is 0 Å². The van der Waals surface area contributed by atoms with Gasteiger partial charge in [0.05, 0.1) is 23.4 Å². The van der Waals surface area contributed by atoms with Crippen LogP contribution in [0.2, 0.25) is 0 Å². The van der Waals surface area contributed by atoms with E-state index in [0.29, 0.717) is 17.3 Å². The van der Waals surface area contributed by atoms with E-state index in [1.165, 1.54) is 21.5 Å². The maximum Gasteiger partial charge on any atom is 0.259 e. The zero-order valence-corrected chi connectivity index (χ0v) is 19.4. The number of carbonyl (C=O) groups is 3. The number of fused-ring (bicyclic) bond motifs is 3. The number of benzene rings is 1. The van der Waals surface area contributed by atoms with E-state index in [4.69, 9.17) is 0 Å². The molecule has 2 aromatic heterocycles. The van der Waals surface area contributed by atoms with Crippen LogP contribution in [-0.2, 0) is 39.5 Å². The van der Waals surface area contributed by atoms with Gasteiger partial charge in [-0.1, -0.05) is 12.1 Å². The van der Waals surface area contributed by atoms with Gasteiger partial charge in [-0.25, -0.2) is 4.98 Å². The molecule has 2 aliphatic rings. The van der Waals surface area contributed by atoms with Gasteiger partial charge >= 0.3 is 0 Å². The molecule has 3 heterocycles. The standard InChI is InChI=1S/C23H22N4O4S2/c28-18(24-14-6-4-13(5-7-14)10-27-19(29)8-9-20(27)30)12-32-11-17-25-22(31)21-15-2-1-3-16(15)33-23(21)26-17/h4-7H,1-3,8-12H2,(H,24,28)(H,25,26,31). The lowest BCUT2D eigenvalue weighted by Crippen LogP contribution is -2.28. The van der Waals surface area contributed by atoms with Crippen LogP contribution >= 0.6 is 23.1 Å². The molecule has 8 nitrogen and oxygen atoms in total. The van der Waals surface area contributed by atoms with Gasteiger partial charge in [0, 0.05) is 23.4 Å². The van der Waals surface area contributed by atoms with E-state index in [0.717, 1.165) is 40.6 Å². The predicted octanol–water partition coefficient (Wildman–Crippen LogP) is 2.99. The van der Waals surface area contributed by atoms with Crippen molar-refractivity contribution in [2.75, 3.05) is 11.1 Å². The minimum atomic E-state index is -0.156. The molecule has 0 spiro atoms. The van der Waals surface area contributed by atoms with Gasteiger partial charge < -0.3 is 10.3 Å². The smallest absolute Gasteiger partial charge is 0.259 e. The summed E-state index contributed by atoms with van der Waals surface area (Å²) in [5, 5.41) is 3.57. The number of aromatic nitrogens is 2. The van der Waals surface area contributed by atoms with Crippen LogP contribution < -0.4 is 10.9 Å². The van der Waals surface area contributed by atoms with E-state index in [2.05, 4.69) is 15.3 Å². The third-order valence-electron chi connectivity index (χ3n) is 5.83. The minimum absolute atomic E-state index is 0.0862. The highest BCUT2D eigenvalue weighted by atomic mass is 32.2. The third kappa shape index (κ3) is 4.58. The molecule has 1 aliphatic heterocycles. The quantitative estimate of drug-likeness (QED) is 0.501. The minimum Gasteiger partial charge on any atom is -0.325 e. The van der Waals surface area contributed by atoms with Crippen molar-refractivity contribution in [3.63, 3.8) is 0 Å². The fourth-order valence-corrected chi connectivity index (χ4v) is 6.20. The molecule has 170 valence electrons. The van der Waals surface area contributed by atoms with Gasteiger partial charge in [0.25, 0.3) is 5.56 Å². The number of hydrogen-bond acceptors (Lipinski definition) is 7. The molecule has 1 aromatic carbocycles. The maximum atomic E-state index is 12.5. The first-order valence-corrected chi connectivity index (χ1v) is 12.8. The van der Waals surface area contributed by atoms with Crippen molar-refractivity contribution >= 4 is 56.7 Å². The van der Waals surface area contributed by atoms with E-state index in [1.807, 2.05) is 0 Å². The number of thioether (sulfide) groups is 1. The zero-order chi connectivity index (χ0) is 22.9. The number of nitrogens with zero attached hydrogens (tertiary/aromatic N) is 2. The number of amides is 3. The van der Waals surface area contributed by atoms with E-state index in [9.17, 15) is 19.2 Å². The number of carbonyl (C=O) groups excluding carboxylic acids is 3. The van der Waals surface area contributed by atoms with Gasteiger partial charge in [0.15, 0.2) is 0 Å². The maximum absolute atomic E-state index is 12.5. The van der Waals surface area contributed by atoms with Crippen LogP contribution in [0.1, 0.15) is 41.1 Å². The molecule has 3 amide bonds. The number of anilines is 1. The molecule has 0 radical (unpaired) electrons. The molecule has 1 saturated heterocycles. The van der Waals surface area contributed by atoms with Crippen LogP contribution in [0.5, 0.6) is 0 Å². The molecular weight excluding hydrogens is 460 g/mol. The second kappa shape index (κ2) is 9.11. The molecule has 33 heavy (non-hydrogen) atoms. The number of aryl methyl sites for hydroxylation is 2. The Morgan fingerprint density at radius 1 is 1.09 bits per heavy atom. The fourth-order valence-electron chi connectivity index (χ4n) is 4.23. The van der Waals surface area contributed by atoms with E-state index >= 15 is 0 Å². The molecule has 2 N–H and O–H groups in total. The third-order valence-corrected chi connectivity index (χ3v) is 7.96. The lowest BCUT2D eigenvalue weighted by Gasteiger charge is -2.14. The van der Waals surface area contributed by atoms with E-state index in [1.54, 1.807) is 35.6 Å². The van der Waals surface area contributed by atoms with Gasteiger partial charge in [0.1, 0.15) is 10.7 Å². The summed E-state index contributed by atoms with van der Waals surface area (Å²) in [5.74, 6) is 0.802. The monoisotopic (exact) mass is 482 g/mol. The average molecular weight is 483 g/mol. The van der Waals surface area contributed by atoms with Crippen LogP contribution in [0, 0.1) is 0 Å². The summed E-state index contributed by atoms with van der Waals surface area (Å²) < 4.78 is 0. The number of hydrogen-bond donors (Lipinski definition) is 2. The average Bonchev–Trinajstić information content (AvgIpc) is 3.46. The number of likely N-dealkylation sites (tertiary alicyclic amines) is 1. The number of nitrogens with one attached hydrogen (secondary N) is 2. The van der Waals surface area contributed by atoms with Crippen LogP contribution in [0.4, 0.5) is 5.69 Å². The fraction of sp³-hybridized carbons (Fsp3) is 0.348. The summed E-state index contributed by atoms with van der Waals surface area (Å²) in [5.41, 5.74) is 2.55. The molecule has 0 bridgehead atoms. The number of rotatable bonds is 7. The highest BCUT2D eigenvalue weighted by Gasteiger charge is 2.28. The number of imide groups is 1. The first-order valence-electron chi connectivity index (χ1n) is 10.8. The molecule has 1 fully saturated rings. The topological polar surface area (TPSA) is 112 Å². The molecule has 0 unspecified atom stereocenters. The van der Waals surface area contributed by atoms with Crippen LogP contribution in [-0.4, -0.2) is 38.3 Å². The summed E-state index contributed by atoms with van der Waals surface area (Å²) in [6, 6.07) is 7.10. The van der Waals surface area contributed by atoms with Gasteiger partial charge in [0.2, 0.25) is 17.7 Å². The summed E-state index contributed by atoms with van der Waals surface area (Å²) >= 11 is 2.99. The van der Waals surface area contributed by atoms with Crippen molar-refractivity contribution in [2.45, 2.75) is 44.4 Å². The van der Waals surface area contributed by atoms with Crippen molar-refractivity contribution < 1.29 is 14.4 Å². The van der Waals surface area contributed by atoms with E-state index in [-0.39, 0.29) is 48.4 Å². The Labute approximate surface area is 197 Å².